The maximum Gasteiger partial charge on any atom is 0.270 e. The SMILES string of the molecule is CN1N=C(C(=O)N2CCO[C@@H](c3ccnc(N(C)C)n3)C2)CCC1=O. The molecule has 9 heteroatoms. The summed E-state index contributed by atoms with van der Waals surface area (Å²) in [6.07, 6.45) is 2.08. The number of nitrogens with zero attached hydrogens (tertiary/aromatic N) is 6. The molecule has 0 unspecified atom stereocenters. The number of hydrogen-bond donors (Lipinski definition) is 0. The molecular weight excluding hydrogens is 324 g/mol. The van der Waals surface area contributed by atoms with E-state index < -0.39 is 0 Å². The molecule has 0 aromatic carbocycles. The lowest BCUT2D eigenvalue weighted by Gasteiger charge is -2.33. The average Bonchev–Trinajstić information content (AvgIpc) is 2.63. The number of rotatable bonds is 3. The third-order valence-electron chi connectivity index (χ3n) is 4.20. The smallest absolute Gasteiger partial charge is 0.270 e. The van der Waals surface area contributed by atoms with Crippen molar-refractivity contribution in [3.63, 3.8) is 0 Å². The van der Waals surface area contributed by atoms with Gasteiger partial charge in [-0.3, -0.25) is 9.59 Å². The normalized spacial score (nSPS) is 21.2. The summed E-state index contributed by atoms with van der Waals surface area (Å²) in [5, 5.41) is 5.35. The van der Waals surface area contributed by atoms with Crippen molar-refractivity contribution in [2.75, 3.05) is 45.7 Å². The zero-order valence-electron chi connectivity index (χ0n) is 14.7. The molecule has 9 nitrogen and oxygen atoms in total. The van der Waals surface area contributed by atoms with Crippen molar-refractivity contribution >= 4 is 23.5 Å². The Bertz CT molecular complexity index is 705. The fourth-order valence-electron chi connectivity index (χ4n) is 2.78. The van der Waals surface area contributed by atoms with Gasteiger partial charge in [-0.2, -0.15) is 5.10 Å². The third kappa shape index (κ3) is 3.76. The molecule has 2 aliphatic rings. The largest absolute Gasteiger partial charge is 0.368 e. The monoisotopic (exact) mass is 346 g/mol. The molecule has 1 saturated heterocycles. The van der Waals surface area contributed by atoms with Crippen LogP contribution >= 0.6 is 0 Å². The molecule has 2 aliphatic heterocycles. The van der Waals surface area contributed by atoms with Gasteiger partial charge >= 0.3 is 0 Å². The maximum absolute atomic E-state index is 12.7. The second-order valence-electron chi connectivity index (χ2n) is 6.25. The van der Waals surface area contributed by atoms with E-state index in [1.54, 1.807) is 24.2 Å². The summed E-state index contributed by atoms with van der Waals surface area (Å²) in [5.74, 6) is 0.379. The Labute approximate surface area is 146 Å². The second kappa shape index (κ2) is 7.14. The van der Waals surface area contributed by atoms with Gasteiger partial charge in [0.15, 0.2) is 0 Å². The number of aromatic nitrogens is 2. The Morgan fingerprint density at radius 3 is 2.88 bits per heavy atom. The Morgan fingerprint density at radius 2 is 2.16 bits per heavy atom. The molecule has 0 spiro atoms. The number of amides is 2. The van der Waals surface area contributed by atoms with Crippen molar-refractivity contribution < 1.29 is 14.3 Å². The molecule has 0 aliphatic carbocycles. The lowest BCUT2D eigenvalue weighted by molar-refractivity contribution is -0.133. The average molecular weight is 346 g/mol. The first-order valence-corrected chi connectivity index (χ1v) is 8.21. The van der Waals surface area contributed by atoms with Crippen LogP contribution in [0.5, 0.6) is 0 Å². The summed E-state index contributed by atoms with van der Waals surface area (Å²) in [6.45, 7) is 1.33. The number of anilines is 1. The summed E-state index contributed by atoms with van der Waals surface area (Å²) < 4.78 is 5.80. The third-order valence-corrected chi connectivity index (χ3v) is 4.20. The topological polar surface area (TPSA) is 91.2 Å². The predicted octanol–water partition coefficient (Wildman–Crippen LogP) is 0.0507. The number of hydrazone groups is 1. The van der Waals surface area contributed by atoms with E-state index in [0.29, 0.717) is 44.2 Å². The van der Waals surface area contributed by atoms with Crippen molar-refractivity contribution in [1.29, 1.82) is 0 Å². The Balaban J connectivity index is 1.73. The minimum Gasteiger partial charge on any atom is -0.368 e. The number of hydrogen-bond acceptors (Lipinski definition) is 7. The first-order chi connectivity index (χ1) is 12.0. The van der Waals surface area contributed by atoms with Gasteiger partial charge in [0.1, 0.15) is 11.8 Å². The highest BCUT2D eigenvalue weighted by atomic mass is 16.5. The van der Waals surface area contributed by atoms with Crippen molar-refractivity contribution in [2.45, 2.75) is 18.9 Å². The van der Waals surface area contributed by atoms with Crippen LogP contribution < -0.4 is 4.90 Å². The first kappa shape index (κ1) is 17.3. The van der Waals surface area contributed by atoms with Crippen LogP contribution in [-0.2, 0) is 14.3 Å². The zero-order chi connectivity index (χ0) is 18.0. The highest BCUT2D eigenvalue weighted by molar-refractivity contribution is 6.39. The molecule has 134 valence electrons. The van der Waals surface area contributed by atoms with Crippen molar-refractivity contribution in [3.05, 3.63) is 18.0 Å². The number of ether oxygens (including phenoxy) is 1. The molecule has 0 saturated carbocycles. The quantitative estimate of drug-likeness (QED) is 0.768. The Hall–Kier alpha value is -2.55. The fraction of sp³-hybridized carbons (Fsp3) is 0.562. The standard InChI is InChI=1S/C16H22N6O3/c1-20(2)16-17-7-6-11(18-16)13-10-22(8-9-25-13)15(24)12-4-5-14(23)21(3)19-12/h6-7,13H,4-5,8-10H2,1-3H3/t13-/m1/s1. The minimum absolute atomic E-state index is 0.0754. The molecule has 2 amide bonds. The van der Waals surface area contributed by atoms with Crippen LogP contribution in [0.2, 0.25) is 0 Å². The first-order valence-electron chi connectivity index (χ1n) is 8.21. The second-order valence-corrected chi connectivity index (χ2v) is 6.25. The molecule has 0 radical (unpaired) electrons. The summed E-state index contributed by atoms with van der Waals surface area (Å²) in [5.41, 5.74) is 1.16. The van der Waals surface area contributed by atoms with Gasteiger partial charge in [-0.25, -0.2) is 15.0 Å². The van der Waals surface area contributed by atoms with E-state index in [2.05, 4.69) is 15.1 Å². The fourth-order valence-corrected chi connectivity index (χ4v) is 2.78. The van der Waals surface area contributed by atoms with Crippen LogP contribution in [0.4, 0.5) is 5.95 Å². The molecule has 0 N–H and O–H groups in total. The highest BCUT2D eigenvalue weighted by Gasteiger charge is 2.31. The van der Waals surface area contributed by atoms with Gasteiger partial charge < -0.3 is 14.5 Å². The summed E-state index contributed by atoms with van der Waals surface area (Å²) >= 11 is 0. The van der Waals surface area contributed by atoms with Crippen LogP contribution in [0.3, 0.4) is 0 Å². The van der Waals surface area contributed by atoms with E-state index in [9.17, 15) is 9.59 Å². The summed E-state index contributed by atoms with van der Waals surface area (Å²) in [6, 6.07) is 1.80. The van der Waals surface area contributed by atoms with Crippen LogP contribution in [0.15, 0.2) is 17.4 Å². The molecule has 3 heterocycles. The molecule has 1 aromatic heterocycles. The van der Waals surface area contributed by atoms with Crippen LogP contribution in [-0.4, -0.2) is 78.2 Å². The van der Waals surface area contributed by atoms with Crippen LogP contribution in [0.1, 0.15) is 24.6 Å². The van der Waals surface area contributed by atoms with Gasteiger partial charge in [0, 0.05) is 46.7 Å². The van der Waals surface area contributed by atoms with Crippen LogP contribution in [0.25, 0.3) is 0 Å². The van der Waals surface area contributed by atoms with E-state index in [1.165, 1.54) is 5.01 Å². The van der Waals surface area contributed by atoms with Gasteiger partial charge in [0.2, 0.25) is 11.9 Å². The number of carbonyl (C=O) groups excluding carboxylic acids is 2. The zero-order valence-corrected chi connectivity index (χ0v) is 14.7. The highest BCUT2D eigenvalue weighted by Crippen LogP contribution is 2.22. The molecule has 3 rings (SSSR count). The van der Waals surface area contributed by atoms with Crippen LogP contribution in [0, 0.1) is 0 Å². The van der Waals surface area contributed by atoms with Crippen molar-refractivity contribution in [3.8, 4) is 0 Å². The molecule has 0 bridgehead atoms. The van der Waals surface area contributed by atoms with Crippen molar-refractivity contribution in [2.24, 2.45) is 5.10 Å². The van der Waals surface area contributed by atoms with Crippen molar-refractivity contribution in [1.82, 2.24) is 19.9 Å². The predicted molar refractivity (Wildman–Crippen MR) is 91.1 cm³/mol. The summed E-state index contributed by atoms with van der Waals surface area (Å²) in [4.78, 5) is 36.5. The molecule has 25 heavy (non-hydrogen) atoms. The molecule has 1 aromatic rings. The number of morpholine rings is 1. The van der Waals surface area contributed by atoms with Gasteiger partial charge in [-0.05, 0) is 6.07 Å². The number of carbonyl (C=O) groups is 2. The van der Waals surface area contributed by atoms with Gasteiger partial charge in [-0.15, -0.1) is 0 Å². The Kier molecular flexibility index (Phi) is 4.93. The lowest BCUT2D eigenvalue weighted by atomic mass is 10.1. The van der Waals surface area contributed by atoms with E-state index in [0.717, 1.165) is 5.69 Å². The molecule has 1 atom stereocenters. The maximum atomic E-state index is 12.7. The Morgan fingerprint density at radius 1 is 1.36 bits per heavy atom. The molecule has 1 fully saturated rings. The summed E-state index contributed by atoms with van der Waals surface area (Å²) in [7, 11) is 5.31. The lowest BCUT2D eigenvalue weighted by Crippen LogP contribution is -2.47. The van der Waals surface area contributed by atoms with E-state index in [4.69, 9.17) is 4.74 Å². The van der Waals surface area contributed by atoms with Gasteiger partial charge in [-0.1, -0.05) is 0 Å². The van der Waals surface area contributed by atoms with E-state index >= 15 is 0 Å². The van der Waals surface area contributed by atoms with E-state index in [-0.39, 0.29) is 17.9 Å². The molecular formula is C16H22N6O3. The van der Waals surface area contributed by atoms with Gasteiger partial charge in [0.25, 0.3) is 5.91 Å². The minimum atomic E-state index is -0.303. The van der Waals surface area contributed by atoms with Gasteiger partial charge in [0.05, 0.1) is 18.8 Å². The van der Waals surface area contributed by atoms with E-state index in [1.807, 2.05) is 19.0 Å².